The summed E-state index contributed by atoms with van der Waals surface area (Å²) in [6, 6.07) is 7.31. The van der Waals surface area contributed by atoms with Gasteiger partial charge in [-0.05, 0) is 24.5 Å². The normalized spacial score (nSPS) is 24.0. The Bertz CT molecular complexity index is 604. The molecule has 1 N–H and O–H groups in total. The van der Waals surface area contributed by atoms with Crippen molar-refractivity contribution in [3.63, 3.8) is 0 Å². The smallest absolute Gasteiger partial charge is 0.254 e. The summed E-state index contributed by atoms with van der Waals surface area (Å²) >= 11 is 0. The maximum atomic E-state index is 12.6. The summed E-state index contributed by atoms with van der Waals surface area (Å²) < 4.78 is 5.30. The molecule has 1 aromatic carbocycles. The highest BCUT2D eigenvalue weighted by atomic mass is 16.5. The number of hydrogen-bond acceptors (Lipinski definition) is 4. The molecule has 0 saturated carbocycles. The Morgan fingerprint density at radius 2 is 2.17 bits per heavy atom. The van der Waals surface area contributed by atoms with Gasteiger partial charge in [-0.25, -0.2) is 0 Å². The van der Waals surface area contributed by atoms with E-state index in [2.05, 4.69) is 0 Å². The first-order chi connectivity index (χ1) is 11.1. The van der Waals surface area contributed by atoms with Crippen molar-refractivity contribution in [1.29, 1.82) is 0 Å². The average Bonchev–Trinajstić information content (AvgIpc) is 3.01. The van der Waals surface area contributed by atoms with Gasteiger partial charge < -0.3 is 19.6 Å². The van der Waals surface area contributed by atoms with E-state index in [1.165, 1.54) is 0 Å². The van der Waals surface area contributed by atoms with Gasteiger partial charge in [-0.3, -0.25) is 9.59 Å². The molecule has 2 aliphatic rings. The van der Waals surface area contributed by atoms with Crippen LogP contribution in [0.4, 0.5) is 0 Å². The maximum Gasteiger partial charge on any atom is 0.254 e. The van der Waals surface area contributed by atoms with Crippen LogP contribution in [0.25, 0.3) is 0 Å². The number of carbonyl (C=O) groups excluding carboxylic acids is 2. The van der Waals surface area contributed by atoms with Crippen molar-refractivity contribution in [3.05, 3.63) is 35.4 Å². The molecule has 124 valence electrons. The van der Waals surface area contributed by atoms with Crippen molar-refractivity contribution in [1.82, 2.24) is 9.80 Å². The first kappa shape index (κ1) is 16.0. The molecule has 2 amide bonds. The Hall–Kier alpha value is -1.92. The SMILES string of the molecule is CO[C@H]1C[C@@H](CO)N(C(=O)CN2CCc3ccccc3C2=O)C1. The van der Waals surface area contributed by atoms with Gasteiger partial charge in [0.1, 0.15) is 6.54 Å². The van der Waals surface area contributed by atoms with Crippen molar-refractivity contribution in [2.24, 2.45) is 0 Å². The highest BCUT2D eigenvalue weighted by Crippen LogP contribution is 2.22. The topological polar surface area (TPSA) is 70.1 Å². The van der Waals surface area contributed by atoms with Crippen LogP contribution in [0.15, 0.2) is 24.3 Å². The Morgan fingerprint density at radius 3 is 2.91 bits per heavy atom. The predicted octanol–water partition coefficient (Wildman–Crippen LogP) is 0.293. The van der Waals surface area contributed by atoms with E-state index in [0.717, 1.165) is 12.0 Å². The lowest BCUT2D eigenvalue weighted by Gasteiger charge is -2.31. The number of hydrogen-bond donors (Lipinski definition) is 1. The molecule has 2 heterocycles. The second kappa shape index (κ2) is 6.68. The molecule has 0 bridgehead atoms. The molecule has 0 radical (unpaired) electrons. The van der Waals surface area contributed by atoms with Gasteiger partial charge in [0.2, 0.25) is 5.91 Å². The number of amides is 2. The van der Waals surface area contributed by atoms with Crippen LogP contribution in [0.3, 0.4) is 0 Å². The average molecular weight is 318 g/mol. The highest BCUT2D eigenvalue weighted by Gasteiger charge is 2.36. The summed E-state index contributed by atoms with van der Waals surface area (Å²) in [7, 11) is 1.61. The summed E-state index contributed by atoms with van der Waals surface area (Å²) in [5.74, 6) is -0.223. The van der Waals surface area contributed by atoms with Gasteiger partial charge in [-0.2, -0.15) is 0 Å². The monoisotopic (exact) mass is 318 g/mol. The number of nitrogens with zero attached hydrogens (tertiary/aromatic N) is 2. The van der Waals surface area contributed by atoms with E-state index < -0.39 is 0 Å². The van der Waals surface area contributed by atoms with Gasteiger partial charge in [0.15, 0.2) is 0 Å². The predicted molar refractivity (Wildman–Crippen MR) is 84.1 cm³/mol. The van der Waals surface area contributed by atoms with Crippen LogP contribution in [0.2, 0.25) is 0 Å². The quantitative estimate of drug-likeness (QED) is 0.866. The molecule has 0 spiro atoms. The molecule has 2 atom stereocenters. The number of methoxy groups -OCH3 is 1. The van der Waals surface area contributed by atoms with Gasteiger partial charge >= 0.3 is 0 Å². The second-order valence-corrected chi connectivity index (χ2v) is 6.11. The molecule has 3 rings (SSSR count). The molecule has 6 heteroatoms. The Morgan fingerprint density at radius 1 is 1.39 bits per heavy atom. The van der Waals surface area contributed by atoms with Crippen molar-refractivity contribution < 1.29 is 19.4 Å². The molecule has 1 saturated heterocycles. The number of fused-ring (bicyclic) bond motifs is 1. The summed E-state index contributed by atoms with van der Waals surface area (Å²) in [6.45, 7) is 0.995. The van der Waals surface area contributed by atoms with E-state index in [-0.39, 0.29) is 37.1 Å². The van der Waals surface area contributed by atoms with Crippen LogP contribution in [0.1, 0.15) is 22.3 Å². The highest BCUT2D eigenvalue weighted by molar-refractivity contribution is 5.98. The fourth-order valence-corrected chi connectivity index (χ4v) is 3.40. The number of rotatable bonds is 4. The van der Waals surface area contributed by atoms with Gasteiger partial charge in [-0.15, -0.1) is 0 Å². The zero-order valence-corrected chi connectivity index (χ0v) is 13.3. The first-order valence-corrected chi connectivity index (χ1v) is 7.94. The van der Waals surface area contributed by atoms with Crippen LogP contribution in [0.5, 0.6) is 0 Å². The van der Waals surface area contributed by atoms with Crippen LogP contribution in [-0.2, 0) is 16.0 Å². The molecule has 6 nitrogen and oxygen atoms in total. The third kappa shape index (κ3) is 3.09. The molecular formula is C17H22N2O4. The Balaban J connectivity index is 1.68. The molecule has 2 aliphatic heterocycles. The standard InChI is InChI=1S/C17H22N2O4/c1-23-14-8-13(11-20)19(9-14)16(21)10-18-7-6-12-4-2-3-5-15(12)17(18)22/h2-5,13-14,20H,6-11H2,1H3/t13-,14-/m0/s1. The largest absolute Gasteiger partial charge is 0.394 e. The summed E-state index contributed by atoms with van der Waals surface area (Å²) in [5.41, 5.74) is 1.72. The van der Waals surface area contributed by atoms with Gasteiger partial charge in [0.05, 0.1) is 18.8 Å². The molecular weight excluding hydrogens is 296 g/mol. The summed E-state index contributed by atoms with van der Waals surface area (Å²) in [6.07, 6.45) is 1.35. The Kier molecular flexibility index (Phi) is 4.63. The van der Waals surface area contributed by atoms with Crippen LogP contribution < -0.4 is 0 Å². The van der Waals surface area contributed by atoms with E-state index >= 15 is 0 Å². The summed E-state index contributed by atoms with van der Waals surface area (Å²) in [5, 5.41) is 9.46. The molecule has 1 fully saturated rings. The van der Waals surface area contributed by atoms with Crippen molar-refractivity contribution in [3.8, 4) is 0 Å². The van der Waals surface area contributed by atoms with Crippen molar-refractivity contribution in [2.75, 3.05) is 33.4 Å². The van der Waals surface area contributed by atoms with E-state index in [0.29, 0.717) is 25.1 Å². The number of aliphatic hydroxyl groups is 1. The van der Waals surface area contributed by atoms with Crippen LogP contribution in [0, 0.1) is 0 Å². The third-order valence-corrected chi connectivity index (χ3v) is 4.75. The van der Waals surface area contributed by atoms with Gasteiger partial charge in [0, 0.05) is 25.8 Å². The second-order valence-electron chi connectivity index (χ2n) is 6.11. The minimum absolute atomic E-state index is 0.0473. The first-order valence-electron chi connectivity index (χ1n) is 7.94. The minimum Gasteiger partial charge on any atom is -0.394 e. The molecule has 0 unspecified atom stereocenters. The minimum atomic E-state index is -0.223. The molecule has 0 aromatic heterocycles. The van der Waals surface area contributed by atoms with Crippen molar-refractivity contribution in [2.45, 2.75) is 25.0 Å². The number of benzene rings is 1. The Labute approximate surface area is 135 Å². The molecule has 1 aromatic rings. The fourth-order valence-electron chi connectivity index (χ4n) is 3.40. The maximum absolute atomic E-state index is 12.6. The molecule has 0 aliphatic carbocycles. The van der Waals surface area contributed by atoms with Crippen LogP contribution >= 0.6 is 0 Å². The molecule has 23 heavy (non-hydrogen) atoms. The van der Waals surface area contributed by atoms with Crippen molar-refractivity contribution >= 4 is 11.8 Å². The lowest BCUT2D eigenvalue weighted by Crippen LogP contribution is -2.47. The fraction of sp³-hybridized carbons (Fsp3) is 0.529. The third-order valence-electron chi connectivity index (χ3n) is 4.75. The van der Waals surface area contributed by atoms with E-state index in [9.17, 15) is 14.7 Å². The lowest BCUT2D eigenvalue weighted by molar-refractivity contribution is -0.133. The number of aliphatic hydroxyl groups excluding tert-OH is 1. The van der Waals surface area contributed by atoms with Gasteiger partial charge in [0.25, 0.3) is 5.91 Å². The summed E-state index contributed by atoms with van der Waals surface area (Å²) in [4.78, 5) is 28.3. The lowest BCUT2D eigenvalue weighted by atomic mass is 9.99. The number of carbonyl (C=O) groups is 2. The zero-order valence-electron chi connectivity index (χ0n) is 13.3. The number of likely N-dealkylation sites (tertiary alicyclic amines) is 1. The van der Waals surface area contributed by atoms with E-state index in [4.69, 9.17) is 4.74 Å². The number of ether oxygens (including phenoxy) is 1. The van der Waals surface area contributed by atoms with E-state index in [1.54, 1.807) is 16.9 Å². The van der Waals surface area contributed by atoms with Gasteiger partial charge in [-0.1, -0.05) is 18.2 Å². The van der Waals surface area contributed by atoms with Crippen LogP contribution in [-0.4, -0.2) is 72.2 Å². The zero-order chi connectivity index (χ0) is 16.4. The van der Waals surface area contributed by atoms with E-state index in [1.807, 2.05) is 24.3 Å².